The Morgan fingerprint density at radius 2 is 1.89 bits per heavy atom. The normalized spacial score (nSPS) is 14.0. The molecule has 2 aromatic rings. The van der Waals surface area contributed by atoms with Gasteiger partial charge in [-0.05, 0) is 49.8 Å². The molecular formula is C20H22N2O4S. The Balaban J connectivity index is 1.47. The maximum Gasteiger partial charge on any atom is 0.349 e. The average molecular weight is 386 g/mol. The predicted octanol–water partition coefficient (Wildman–Crippen LogP) is 3.20. The van der Waals surface area contributed by atoms with E-state index in [1.54, 1.807) is 0 Å². The van der Waals surface area contributed by atoms with Crippen molar-refractivity contribution in [1.29, 1.82) is 0 Å². The van der Waals surface area contributed by atoms with Crippen LogP contribution in [0, 0.1) is 0 Å². The summed E-state index contributed by atoms with van der Waals surface area (Å²) >= 11 is 1.43. The second kappa shape index (κ2) is 8.81. The number of rotatable bonds is 5. The molecule has 6 nitrogen and oxygen atoms in total. The number of imide groups is 1. The summed E-state index contributed by atoms with van der Waals surface area (Å²) in [6, 6.07) is 10.6. The van der Waals surface area contributed by atoms with Gasteiger partial charge in [0.15, 0.2) is 6.10 Å². The van der Waals surface area contributed by atoms with E-state index in [0.29, 0.717) is 11.4 Å². The molecule has 0 radical (unpaired) electrons. The van der Waals surface area contributed by atoms with Crippen LogP contribution in [0.25, 0.3) is 0 Å². The topological polar surface area (TPSA) is 84.5 Å². The number of hydrogen-bond donors (Lipinski definition) is 2. The van der Waals surface area contributed by atoms with Crippen LogP contribution in [0.5, 0.6) is 0 Å². The second-order valence-electron chi connectivity index (χ2n) is 6.47. The number of carbonyl (C=O) groups is 3. The molecule has 0 saturated carbocycles. The summed E-state index contributed by atoms with van der Waals surface area (Å²) in [5, 5.41) is 4.79. The molecule has 1 aliphatic rings. The van der Waals surface area contributed by atoms with Gasteiger partial charge in [0, 0.05) is 11.4 Å². The summed E-state index contributed by atoms with van der Waals surface area (Å²) in [6.45, 7) is 1.75. The van der Waals surface area contributed by atoms with E-state index in [1.165, 1.54) is 28.7 Å². The van der Waals surface area contributed by atoms with E-state index >= 15 is 0 Å². The van der Waals surface area contributed by atoms with Crippen LogP contribution in [0.3, 0.4) is 0 Å². The zero-order chi connectivity index (χ0) is 19.2. The maximum atomic E-state index is 12.3. The maximum absolute atomic E-state index is 12.3. The first-order valence-electron chi connectivity index (χ1n) is 8.98. The molecule has 3 rings (SSSR count). The molecule has 3 amide bonds. The number of nitrogens with one attached hydrogen (secondary N) is 2. The largest absolute Gasteiger partial charge is 0.448 e. The van der Waals surface area contributed by atoms with Crippen LogP contribution >= 0.6 is 11.3 Å². The van der Waals surface area contributed by atoms with Crippen LogP contribution in [-0.4, -0.2) is 24.0 Å². The molecule has 1 heterocycles. The first kappa shape index (κ1) is 19.1. The molecule has 0 saturated heterocycles. The molecule has 27 heavy (non-hydrogen) atoms. The van der Waals surface area contributed by atoms with Crippen LogP contribution < -0.4 is 10.6 Å². The standard InChI is InChI=1S/C20H22N2O4S/c1-13(18(23)22-20(25)21-12-14-7-3-2-4-8-14)26-19(24)17-11-15-9-5-6-10-16(15)27-17/h2-4,7-8,11,13H,5-6,9-10,12H2,1H3,(H2,21,22,23,25)/t13-/m1/s1. The fourth-order valence-corrected chi connectivity index (χ4v) is 4.04. The van der Waals surface area contributed by atoms with Gasteiger partial charge in [0.1, 0.15) is 4.88 Å². The van der Waals surface area contributed by atoms with Crippen LogP contribution in [0.4, 0.5) is 4.79 Å². The van der Waals surface area contributed by atoms with Gasteiger partial charge >= 0.3 is 12.0 Å². The summed E-state index contributed by atoms with van der Waals surface area (Å²) in [7, 11) is 0. The fraction of sp³-hybridized carbons (Fsp3) is 0.350. The van der Waals surface area contributed by atoms with Crippen molar-refractivity contribution in [2.75, 3.05) is 0 Å². The Kier molecular flexibility index (Phi) is 6.24. The van der Waals surface area contributed by atoms with Crippen molar-refractivity contribution < 1.29 is 19.1 Å². The van der Waals surface area contributed by atoms with Gasteiger partial charge in [-0.1, -0.05) is 30.3 Å². The van der Waals surface area contributed by atoms with E-state index in [0.717, 1.165) is 31.2 Å². The highest BCUT2D eigenvalue weighted by molar-refractivity contribution is 7.14. The zero-order valence-corrected chi connectivity index (χ0v) is 15.9. The lowest BCUT2D eigenvalue weighted by molar-refractivity contribution is -0.127. The number of hydrogen-bond acceptors (Lipinski definition) is 5. The van der Waals surface area contributed by atoms with Gasteiger partial charge in [-0.3, -0.25) is 10.1 Å². The molecule has 1 aliphatic carbocycles. The van der Waals surface area contributed by atoms with Gasteiger partial charge in [0.25, 0.3) is 5.91 Å². The van der Waals surface area contributed by atoms with Gasteiger partial charge in [-0.2, -0.15) is 0 Å². The van der Waals surface area contributed by atoms with Crippen LogP contribution in [-0.2, 0) is 28.9 Å². The molecule has 142 valence electrons. The number of esters is 1. The number of ether oxygens (including phenoxy) is 1. The molecule has 1 atom stereocenters. The van der Waals surface area contributed by atoms with Gasteiger partial charge in [0.2, 0.25) is 0 Å². The Morgan fingerprint density at radius 3 is 2.63 bits per heavy atom. The molecular weight excluding hydrogens is 364 g/mol. The Morgan fingerprint density at radius 1 is 1.15 bits per heavy atom. The summed E-state index contributed by atoms with van der Waals surface area (Å²) in [5.41, 5.74) is 2.12. The van der Waals surface area contributed by atoms with Gasteiger partial charge in [-0.15, -0.1) is 11.3 Å². The quantitative estimate of drug-likeness (QED) is 0.773. The van der Waals surface area contributed by atoms with Crippen LogP contribution in [0.2, 0.25) is 0 Å². The van der Waals surface area contributed by atoms with Gasteiger partial charge in [-0.25, -0.2) is 9.59 Å². The highest BCUT2D eigenvalue weighted by Crippen LogP contribution is 2.30. The highest BCUT2D eigenvalue weighted by Gasteiger charge is 2.23. The molecule has 7 heteroatoms. The van der Waals surface area contributed by atoms with Crippen LogP contribution in [0.1, 0.15) is 45.4 Å². The van der Waals surface area contributed by atoms with Crippen molar-refractivity contribution in [1.82, 2.24) is 10.6 Å². The van der Waals surface area contributed by atoms with Crippen molar-refractivity contribution in [3.8, 4) is 0 Å². The average Bonchev–Trinajstić information content (AvgIpc) is 3.11. The number of carbonyl (C=O) groups excluding carboxylic acids is 3. The molecule has 0 unspecified atom stereocenters. The Labute approximate surface area is 161 Å². The van der Waals surface area contributed by atoms with Gasteiger partial charge < -0.3 is 10.1 Å². The van der Waals surface area contributed by atoms with Crippen LogP contribution in [0.15, 0.2) is 36.4 Å². The smallest absolute Gasteiger partial charge is 0.349 e. The lowest BCUT2D eigenvalue weighted by Crippen LogP contribution is -2.44. The predicted molar refractivity (Wildman–Crippen MR) is 103 cm³/mol. The fourth-order valence-electron chi connectivity index (χ4n) is 2.90. The van der Waals surface area contributed by atoms with Gasteiger partial charge in [0.05, 0.1) is 0 Å². The third-order valence-electron chi connectivity index (χ3n) is 4.38. The van der Waals surface area contributed by atoms with E-state index in [-0.39, 0.29) is 0 Å². The summed E-state index contributed by atoms with van der Waals surface area (Å²) in [5.74, 6) is -1.18. The SMILES string of the molecule is C[C@@H](OC(=O)c1cc2c(s1)CCCC2)C(=O)NC(=O)NCc1ccccc1. The van der Waals surface area contributed by atoms with E-state index in [9.17, 15) is 14.4 Å². The second-order valence-corrected chi connectivity index (χ2v) is 7.61. The number of urea groups is 1. The lowest BCUT2D eigenvalue weighted by Gasteiger charge is -2.12. The van der Waals surface area contributed by atoms with Crippen molar-refractivity contribution >= 4 is 29.2 Å². The lowest BCUT2D eigenvalue weighted by atomic mass is 9.99. The minimum atomic E-state index is -1.06. The first-order valence-corrected chi connectivity index (χ1v) is 9.80. The zero-order valence-electron chi connectivity index (χ0n) is 15.1. The first-order chi connectivity index (χ1) is 13.0. The molecule has 0 spiro atoms. The van der Waals surface area contributed by atoms with E-state index in [2.05, 4.69) is 10.6 Å². The third-order valence-corrected chi connectivity index (χ3v) is 5.60. The minimum absolute atomic E-state index is 0.300. The molecule has 0 aliphatic heterocycles. The number of benzene rings is 1. The monoisotopic (exact) mass is 386 g/mol. The summed E-state index contributed by atoms with van der Waals surface area (Å²) in [6.07, 6.45) is 3.19. The molecule has 1 aromatic carbocycles. The molecule has 1 aromatic heterocycles. The van der Waals surface area contributed by atoms with Crippen molar-refractivity contribution in [3.63, 3.8) is 0 Å². The molecule has 0 fully saturated rings. The number of fused-ring (bicyclic) bond motifs is 1. The summed E-state index contributed by atoms with van der Waals surface area (Å²) < 4.78 is 5.22. The molecule has 0 bridgehead atoms. The number of aryl methyl sites for hydroxylation is 2. The highest BCUT2D eigenvalue weighted by atomic mass is 32.1. The van der Waals surface area contributed by atoms with E-state index in [1.807, 2.05) is 36.4 Å². The van der Waals surface area contributed by atoms with Crippen molar-refractivity contribution in [3.05, 3.63) is 57.3 Å². The van der Waals surface area contributed by atoms with Crippen molar-refractivity contribution in [2.24, 2.45) is 0 Å². The minimum Gasteiger partial charge on any atom is -0.448 e. The Hall–Kier alpha value is -2.67. The summed E-state index contributed by atoms with van der Waals surface area (Å²) in [4.78, 5) is 37.9. The van der Waals surface area contributed by atoms with E-state index in [4.69, 9.17) is 4.74 Å². The Bertz CT molecular complexity index is 808. The molecule has 2 N–H and O–H groups in total. The van der Waals surface area contributed by atoms with E-state index < -0.39 is 24.0 Å². The number of amides is 3. The third kappa shape index (κ3) is 5.17. The van der Waals surface area contributed by atoms with Crippen molar-refractivity contribution in [2.45, 2.75) is 45.3 Å². The number of thiophene rings is 1.